The maximum absolute atomic E-state index is 11.8. The van der Waals surface area contributed by atoms with Crippen LogP contribution in [-0.4, -0.2) is 29.1 Å². The second-order valence-corrected chi connectivity index (χ2v) is 6.41. The Labute approximate surface area is 171 Å². The minimum Gasteiger partial charge on any atom is -0.495 e. The molecule has 3 rings (SSSR count). The molecular formula is C19H18ClN5O4. The quantitative estimate of drug-likeness (QED) is 0.416. The van der Waals surface area contributed by atoms with Gasteiger partial charge < -0.3 is 20.1 Å². The van der Waals surface area contributed by atoms with E-state index in [0.717, 1.165) is 5.56 Å². The highest BCUT2D eigenvalue weighted by Crippen LogP contribution is 2.38. The van der Waals surface area contributed by atoms with E-state index < -0.39 is 4.92 Å². The van der Waals surface area contributed by atoms with Gasteiger partial charge in [-0.2, -0.15) is 0 Å². The number of ether oxygens (including phenoxy) is 2. The first-order chi connectivity index (χ1) is 13.9. The molecule has 1 heterocycles. The van der Waals surface area contributed by atoms with Crippen LogP contribution in [0.1, 0.15) is 5.56 Å². The van der Waals surface area contributed by atoms with Crippen molar-refractivity contribution in [3.8, 4) is 11.5 Å². The molecule has 0 aliphatic rings. The van der Waals surface area contributed by atoms with Gasteiger partial charge in [0.25, 0.3) is 0 Å². The van der Waals surface area contributed by atoms with Gasteiger partial charge in [0.15, 0.2) is 0 Å². The van der Waals surface area contributed by atoms with Gasteiger partial charge in [0.2, 0.25) is 11.6 Å². The molecule has 150 valence electrons. The first-order valence-corrected chi connectivity index (χ1v) is 8.82. The van der Waals surface area contributed by atoms with Gasteiger partial charge in [-0.1, -0.05) is 17.7 Å². The summed E-state index contributed by atoms with van der Waals surface area (Å²) in [6.07, 6.45) is 1.22. The Kier molecular flexibility index (Phi) is 5.99. The van der Waals surface area contributed by atoms with E-state index in [4.69, 9.17) is 21.1 Å². The highest BCUT2D eigenvalue weighted by Gasteiger charge is 2.25. The van der Waals surface area contributed by atoms with Crippen LogP contribution in [0.15, 0.2) is 42.7 Å². The number of hydrogen-bond acceptors (Lipinski definition) is 8. The maximum atomic E-state index is 11.8. The third-order valence-corrected chi connectivity index (χ3v) is 4.26. The van der Waals surface area contributed by atoms with Crippen molar-refractivity contribution >= 4 is 40.3 Å². The van der Waals surface area contributed by atoms with Gasteiger partial charge in [0.05, 0.1) is 30.5 Å². The zero-order chi connectivity index (χ0) is 21.0. The Morgan fingerprint density at radius 3 is 2.07 bits per heavy atom. The molecule has 2 N–H and O–H groups in total. The summed E-state index contributed by atoms with van der Waals surface area (Å²) in [4.78, 5) is 19.3. The van der Waals surface area contributed by atoms with Crippen LogP contribution in [0.4, 0.5) is 28.7 Å². The van der Waals surface area contributed by atoms with Crippen molar-refractivity contribution in [2.45, 2.75) is 6.92 Å². The van der Waals surface area contributed by atoms with Crippen LogP contribution < -0.4 is 20.1 Å². The van der Waals surface area contributed by atoms with E-state index in [2.05, 4.69) is 20.6 Å². The number of halogens is 1. The minimum absolute atomic E-state index is 0.0115. The first-order valence-electron chi connectivity index (χ1n) is 8.44. The third-order valence-electron chi connectivity index (χ3n) is 4.03. The molecule has 9 nitrogen and oxygen atoms in total. The van der Waals surface area contributed by atoms with E-state index in [-0.39, 0.29) is 17.3 Å². The number of methoxy groups -OCH3 is 2. The number of benzene rings is 2. The van der Waals surface area contributed by atoms with Gasteiger partial charge in [-0.25, -0.2) is 9.97 Å². The molecule has 0 bridgehead atoms. The first kappa shape index (κ1) is 20.2. The van der Waals surface area contributed by atoms with Crippen LogP contribution in [0.25, 0.3) is 0 Å². The monoisotopic (exact) mass is 415 g/mol. The van der Waals surface area contributed by atoms with Crippen LogP contribution in [0.5, 0.6) is 11.5 Å². The summed E-state index contributed by atoms with van der Waals surface area (Å²) in [5.74, 6) is 0.976. The fourth-order valence-electron chi connectivity index (χ4n) is 2.69. The molecule has 29 heavy (non-hydrogen) atoms. The lowest BCUT2D eigenvalue weighted by molar-refractivity contribution is -0.383. The average Bonchev–Trinajstić information content (AvgIpc) is 2.68. The number of nitrogens with one attached hydrogen (secondary N) is 2. The summed E-state index contributed by atoms with van der Waals surface area (Å²) in [5, 5.41) is 18.1. The molecule has 0 unspecified atom stereocenters. The number of rotatable bonds is 7. The average molecular weight is 416 g/mol. The Morgan fingerprint density at radius 2 is 1.52 bits per heavy atom. The molecular weight excluding hydrogens is 398 g/mol. The largest absolute Gasteiger partial charge is 0.495 e. The van der Waals surface area contributed by atoms with E-state index in [9.17, 15) is 10.1 Å². The van der Waals surface area contributed by atoms with E-state index in [0.29, 0.717) is 27.9 Å². The van der Waals surface area contributed by atoms with Crippen LogP contribution in [-0.2, 0) is 0 Å². The lowest BCUT2D eigenvalue weighted by Crippen LogP contribution is -2.06. The van der Waals surface area contributed by atoms with Gasteiger partial charge in [-0.3, -0.25) is 10.1 Å². The van der Waals surface area contributed by atoms with Gasteiger partial charge in [0, 0.05) is 5.02 Å². The Morgan fingerprint density at radius 1 is 0.966 bits per heavy atom. The number of nitrogens with zero attached hydrogens (tertiary/aromatic N) is 3. The number of aryl methyl sites for hydroxylation is 1. The van der Waals surface area contributed by atoms with Crippen LogP contribution in [0.3, 0.4) is 0 Å². The zero-order valence-electron chi connectivity index (χ0n) is 15.9. The molecule has 1 aromatic heterocycles. The molecule has 0 fully saturated rings. The smallest absolute Gasteiger partial charge is 0.353 e. The van der Waals surface area contributed by atoms with E-state index in [1.165, 1.54) is 20.5 Å². The van der Waals surface area contributed by atoms with Crippen molar-refractivity contribution in [2.75, 3.05) is 24.9 Å². The Bertz CT molecular complexity index is 987. The molecule has 0 aliphatic carbocycles. The molecule has 0 atom stereocenters. The van der Waals surface area contributed by atoms with Crippen LogP contribution in [0, 0.1) is 17.0 Å². The van der Waals surface area contributed by atoms with Gasteiger partial charge in [0.1, 0.15) is 17.8 Å². The second-order valence-electron chi connectivity index (χ2n) is 5.97. The lowest BCUT2D eigenvalue weighted by Gasteiger charge is -2.14. The van der Waals surface area contributed by atoms with E-state index in [1.54, 1.807) is 30.3 Å². The van der Waals surface area contributed by atoms with Crippen LogP contribution >= 0.6 is 11.6 Å². The molecule has 0 saturated heterocycles. The summed E-state index contributed by atoms with van der Waals surface area (Å²) in [5.41, 5.74) is 1.59. The Hall–Kier alpha value is -3.59. The fraction of sp³-hybridized carbons (Fsp3) is 0.158. The standard InChI is InChI=1S/C19H18ClN5O4/c1-11-4-6-15(28-2)13(8-11)23-18-17(25(26)27)19(22-10-21-18)24-14-9-12(20)5-7-16(14)29-3/h4-10H,1-3H3,(H2,21,22,23,24). The van der Waals surface area contributed by atoms with Crippen molar-refractivity contribution in [3.05, 3.63) is 63.4 Å². The van der Waals surface area contributed by atoms with Gasteiger partial charge >= 0.3 is 5.69 Å². The molecule has 3 aromatic rings. The predicted octanol–water partition coefficient (Wildman–Crippen LogP) is 4.85. The molecule has 0 saturated carbocycles. The van der Waals surface area contributed by atoms with Gasteiger partial charge in [-0.15, -0.1) is 0 Å². The van der Waals surface area contributed by atoms with Crippen LogP contribution in [0.2, 0.25) is 5.02 Å². The number of nitro groups is 1. The molecule has 10 heteroatoms. The fourth-order valence-corrected chi connectivity index (χ4v) is 2.86. The van der Waals surface area contributed by atoms with E-state index >= 15 is 0 Å². The molecule has 2 aromatic carbocycles. The molecule has 0 amide bonds. The summed E-state index contributed by atoms with van der Waals surface area (Å²) >= 11 is 6.04. The normalized spacial score (nSPS) is 10.3. The second kappa shape index (κ2) is 8.61. The summed E-state index contributed by atoms with van der Waals surface area (Å²) < 4.78 is 10.6. The topological polar surface area (TPSA) is 111 Å². The van der Waals surface area contributed by atoms with Gasteiger partial charge in [-0.05, 0) is 42.8 Å². The predicted molar refractivity (Wildman–Crippen MR) is 111 cm³/mol. The summed E-state index contributed by atoms with van der Waals surface area (Å²) in [6, 6.07) is 10.3. The maximum Gasteiger partial charge on any atom is 0.353 e. The van der Waals surface area contributed by atoms with Crippen molar-refractivity contribution in [3.63, 3.8) is 0 Å². The van der Waals surface area contributed by atoms with Crippen molar-refractivity contribution in [2.24, 2.45) is 0 Å². The molecule has 0 radical (unpaired) electrons. The van der Waals surface area contributed by atoms with Crippen molar-refractivity contribution in [1.29, 1.82) is 0 Å². The SMILES string of the molecule is COc1ccc(C)cc1Nc1ncnc(Nc2cc(Cl)ccc2OC)c1[N+](=O)[O-]. The highest BCUT2D eigenvalue weighted by molar-refractivity contribution is 6.31. The van der Waals surface area contributed by atoms with Crippen molar-refractivity contribution < 1.29 is 14.4 Å². The van der Waals surface area contributed by atoms with E-state index in [1.807, 2.05) is 13.0 Å². The number of hydrogen-bond donors (Lipinski definition) is 2. The Balaban J connectivity index is 2.05. The highest BCUT2D eigenvalue weighted by atomic mass is 35.5. The molecule has 0 aliphatic heterocycles. The zero-order valence-corrected chi connectivity index (χ0v) is 16.6. The third kappa shape index (κ3) is 4.46. The number of aromatic nitrogens is 2. The summed E-state index contributed by atoms with van der Waals surface area (Å²) in [7, 11) is 3.00. The lowest BCUT2D eigenvalue weighted by atomic mass is 10.2. The minimum atomic E-state index is -0.566. The van der Waals surface area contributed by atoms with Crippen molar-refractivity contribution in [1.82, 2.24) is 9.97 Å². The summed E-state index contributed by atoms with van der Waals surface area (Å²) in [6.45, 7) is 1.90. The molecule has 0 spiro atoms. The number of anilines is 4.